The molecule has 0 aliphatic carbocycles. The lowest BCUT2D eigenvalue weighted by Gasteiger charge is -2.46. The first-order valence-electron chi connectivity index (χ1n) is 11.0. The van der Waals surface area contributed by atoms with Gasteiger partial charge < -0.3 is 14.9 Å². The minimum atomic E-state index is -4.51. The molecule has 2 N–H and O–H groups in total. The van der Waals surface area contributed by atoms with Gasteiger partial charge in [0.05, 0.1) is 25.5 Å². The van der Waals surface area contributed by atoms with Gasteiger partial charge in [0, 0.05) is 54.9 Å². The van der Waals surface area contributed by atoms with Crippen molar-refractivity contribution in [2.24, 2.45) is 5.92 Å². The Morgan fingerprint density at radius 2 is 2.21 bits per heavy atom. The fourth-order valence-corrected chi connectivity index (χ4v) is 6.27. The lowest BCUT2D eigenvalue weighted by Crippen LogP contribution is -2.50. The molecule has 3 atom stereocenters. The molecule has 1 fully saturated rings. The van der Waals surface area contributed by atoms with E-state index in [2.05, 4.69) is 15.9 Å². The summed E-state index contributed by atoms with van der Waals surface area (Å²) in [6, 6.07) is -0.307. The second kappa shape index (κ2) is 9.39. The van der Waals surface area contributed by atoms with Gasteiger partial charge in [0.1, 0.15) is 10.5 Å². The number of aromatic nitrogens is 2. The van der Waals surface area contributed by atoms with Crippen LogP contribution in [0.25, 0.3) is 0 Å². The van der Waals surface area contributed by atoms with Gasteiger partial charge in [-0.1, -0.05) is 12.8 Å². The van der Waals surface area contributed by atoms with Gasteiger partial charge in [0.15, 0.2) is 0 Å². The van der Waals surface area contributed by atoms with Crippen LogP contribution in [-0.4, -0.2) is 50.7 Å². The normalized spacial score (nSPS) is 24.6. The molecule has 10 heteroatoms. The van der Waals surface area contributed by atoms with Gasteiger partial charge >= 0.3 is 6.18 Å². The van der Waals surface area contributed by atoms with Crippen LogP contribution in [0.4, 0.5) is 13.2 Å². The number of thiophene rings is 1. The molecule has 0 radical (unpaired) electrons. The number of alkyl halides is 3. The molecule has 2 aliphatic heterocycles. The van der Waals surface area contributed by atoms with Crippen molar-refractivity contribution in [3.05, 3.63) is 38.8 Å². The van der Waals surface area contributed by atoms with Crippen LogP contribution in [0, 0.1) is 18.3 Å². The van der Waals surface area contributed by atoms with Crippen molar-refractivity contribution >= 4 is 11.3 Å². The number of aliphatic hydroxyl groups is 2. The van der Waals surface area contributed by atoms with E-state index in [0.29, 0.717) is 67.3 Å². The second-order valence-corrected chi connectivity index (χ2v) is 9.95. The van der Waals surface area contributed by atoms with Crippen molar-refractivity contribution in [2.75, 3.05) is 19.8 Å². The molecule has 6 nitrogen and oxygen atoms in total. The van der Waals surface area contributed by atoms with Crippen LogP contribution in [0.2, 0.25) is 0 Å². The van der Waals surface area contributed by atoms with Gasteiger partial charge in [-0.2, -0.15) is 18.3 Å². The minimum absolute atomic E-state index is 0.0191. The average molecular weight is 484 g/mol. The summed E-state index contributed by atoms with van der Waals surface area (Å²) in [5.41, 5.74) is 0.679. The first kappa shape index (κ1) is 24.2. The Kier molecular flexibility index (Phi) is 6.90. The van der Waals surface area contributed by atoms with Crippen molar-refractivity contribution < 1.29 is 28.1 Å². The summed E-state index contributed by atoms with van der Waals surface area (Å²) in [5.74, 6) is 2.91. The Morgan fingerprint density at radius 1 is 1.42 bits per heavy atom. The van der Waals surface area contributed by atoms with Crippen LogP contribution < -0.4 is 0 Å². The predicted octanol–water partition coefficient (Wildman–Crippen LogP) is 3.15. The summed E-state index contributed by atoms with van der Waals surface area (Å²) in [6.07, 6.45) is 6.34. The van der Waals surface area contributed by atoms with Crippen molar-refractivity contribution in [3.63, 3.8) is 0 Å². The highest BCUT2D eigenvalue weighted by molar-refractivity contribution is 7.12. The summed E-state index contributed by atoms with van der Waals surface area (Å²) in [6.45, 7) is 3.45. The zero-order chi connectivity index (χ0) is 23.8. The van der Waals surface area contributed by atoms with Crippen molar-refractivity contribution in [1.29, 1.82) is 0 Å². The Balaban J connectivity index is 1.55. The van der Waals surface area contributed by atoms with Crippen LogP contribution >= 0.6 is 11.3 Å². The number of ether oxygens (including phenoxy) is 1. The summed E-state index contributed by atoms with van der Waals surface area (Å²) in [5, 5.41) is 23.3. The number of rotatable bonds is 6. The first-order valence-corrected chi connectivity index (χ1v) is 11.8. The maximum atomic E-state index is 13.6. The van der Waals surface area contributed by atoms with Gasteiger partial charge in [-0.3, -0.25) is 9.58 Å². The molecule has 2 aliphatic rings. The molecule has 33 heavy (non-hydrogen) atoms. The van der Waals surface area contributed by atoms with Crippen LogP contribution in [0.3, 0.4) is 0 Å². The second-order valence-electron chi connectivity index (χ2n) is 8.93. The van der Waals surface area contributed by atoms with Crippen molar-refractivity contribution in [2.45, 2.75) is 63.7 Å². The molecule has 0 bridgehead atoms. The van der Waals surface area contributed by atoms with Gasteiger partial charge in [-0.05, 0) is 24.3 Å². The van der Waals surface area contributed by atoms with Gasteiger partial charge in [-0.15, -0.1) is 17.8 Å². The minimum Gasteiger partial charge on any atom is -0.396 e. The standard InChI is InChI=1S/C23H28F3N3O3S/c1-3-17-8-22(5-6-28(17)11-16-9-27-29(12-16)10-15(2)13-30)20-18(4-7-32-22)19(14-31)21(33-20)23(24,25)26/h1,9,12,15,17,30-31H,4-8,10-11,13-14H2,2H3/t15-,17+,22-/m1/s1. The Bertz CT molecular complexity index is 1030. The Morgan fingerprint density at radius 3 is 2.88 bits per heavy atom. The zero-order valence-corrected chi connectivity index (χ0v) is 19.3. The molecular weight excluding hydrogens is 455 g/mol. The lowest BCUT2D eigenvalue weighted by molar-refractivity contribution is -0.135. The quantitative estimate of drug-likeness (QED) is 0.618. The van der Waals surface area contributed by atoms with Crippen LogP contribution in [0.1, 0.15) is 46.2 Å². The smallest absolute Gasteiger partial charge is 0.396 e. The largest absolute Gasteiger partial charge is 0.425 e. The number of fused-ring (bicyclic) bond motifs is 2. The van der Waals surface area contributed by atoms with Gasteiger partial charge in [0.25, 0.3) is 0 Å². The van der Waals surface area contributed by atoms with Crippen LogP contribution in [-0.2, 0) is 42.6 Å². The highest BCUT2D eigenvalue weighted by Crippen LogP contribution is 2.51. The van der Waals surface area contributed by atoms with E-state index < -0.39 is 23.3 Å². The number of aliphatic hydroxyl groups excluding tert-OH is 2. The molecule has 1 saturated heterocycles. The molecule has 180 valence electrons. The third kappa shape index (κ3) is 4.70. The van der Waals surface area contributed by atoms with E-state index in [0.717, 1.165) is 5.56 Å². The summed E-state index contributed by atoms with van der Waals surface area (Å²) < 4.78 is 48.8. The Hall–Kier alpha value is -1.90. The zero-order valence-electron chi connectivity index (χ0n) is 18.4. The van der Waals surface area contributed by atoms with Crippen LogP contribution in [0.5, 0.6) is 0 Å². The number of terminal acetylenes is 1. The van der Waals surface area contributed by atoms with E-state index in [-0.39, 0.29) is 24.1 Å². The highest BCUT2D eigenvalue weighted by atomic mass is 32.1. The van der Waals surface area contributed by atoms with Gasteiger partial charge in [-0.25, -0.2) is 0 Å². The molecule has 0 saturated carbocycles. The average Bonchev–Trinajstić information content (AvgIpc) is 3.39. The monoisotopic (exact) mass is 483 g/mol. The Labute approximate surface area is 195 Å². The summed E-state index contributed by atoms with van der Waals surface area (Å²) in [7, 11) is 0. The molecule has 2 aromatic rings. The lowest BCUT2D eigenvalue weighted by atomic mass is 9.81. The van der Waals surface area contributed by atoms with Gasteiger partial charge in [0.2, 0.25) is 0 Å². The topological polar surface area (TPSA) is 70.8 Å². The molecule has 4 heterocycles. The maximum absolute atomic E-state index is 13.6. The van der Waals surface area contributed by atoms with Crippen LogP contribution in [0.15, 0.2) is 12.4 Å². The molecule has 0 aromatic carbocycles. The van der Waals surface area contributed by atoms with E-state index in [1.54, 1.807) is 10.9 Å². The van der Waals surface area contributed by atoms with E-state index >= 15 is 0 Å². The number of likely N-dealkylation sites (tertiary alicyclic amines) is 1. The molecule has 2 aromatic heterocycles. The number of hydrogen-bond acceptors (Lipinski definition) is 6. The van der Waals surface area contributed by atoms with E-state index in [4.69, 9.17) is 11.2 Å². The first-order chi connectivity index (χ1) is 15.7. The fraction of sp³-hybridized carbons (Fsp3) is 0.609. The van der Waals surface area contributed by atoms with Crippen molar-refractivity contribution in [1.82, 2.24) is 14.7 Å². The molecule has 0 unspecified atom stereocenters. The predicted molar refractivity (Wildman–Crippen MR) is 117 cm³/mol. The summed E-state index contributed by atoms with van der Waals surface area (Å²) >= 11 is 0.697. The molecular formula is C23H28F3N3O3S. The van der Waals surface area contributed by atoms with E-state index in [1.807, 2.05) is 13.1 Å². The summed E-state index contributed by atoms with van der Waals surface area (Å²) in [4.78, 5) is 1.96. The van der Waals surface area contributed by atoms with E-state index in [9.17, 15) is 23.4 Å². The SMILES string of the molecule is C#C[C@H]1C[C@@]2(CCN1Cc1cnn(C[C@@H](C)CO)c1)OCCc1c2sc(C(F)(F)F)c1CO. The van der Waals surface area contributed by atoms with E-state index in [1.165, 1.54) is 0 Å². The molecule has 4 rings (SSSR count). The number of halogens is 3. The molecule has 1 spiro atoms. The van der Waals surface area contributed by atoms with Crippen molar-refractivity contribution in [3.8, 4) is 12.3 Å². The third-order valence-corrected chi connectivity index (χ3v) is 8.02. The maximum Gasteiger partial charge on any atom is 0.425 e. The highest BCUT2D eigenvalue weighted by Gasteiger charge is 2.49. The number of nitrogens with zero attached hydrogens (tertiary/aromatic N) is 3. The third-order valence-electron chi connectivity index (χ3n) is 6.52. The number of hydrogen-bond donors (Lipinski definition) is 2. The fourth-order valence-electron chi connectivity index (χ4n) is 4.86. The number of piperidine rings is 1. The molecule has 0 amide bonds.